The van der Waals surface area contributed by atoms with Gasteiger partial charge in [0.2, 0.25) is 0 Å². The largest absolute Gasteiger partial charge is 0.452 e. The number of para-hydroxylation sites is 1. The van der Waals surface area contributed by atoms with E-state index in [0.29, 0.717) is 11.3 Å². The Morgan fingerprint density at radius 3 is 2.59 bits per heavy atom. The smallest absolute Gasteiger partial charge is 0.341 e. The molecule has 0 atom stereocenters. The standard InChI is InChI=1S/C22H23N3O4/c1-15-21(18-4-2-3-5-19(18)23-15)22(27)29-14-20(26)24-16-6-8-17(9-7-16)25-10-12-28-13-11-25/h2-9,23H,10-14H2,1H3,(H,24,26). The van der Waals surface area contributed by atoms with Gasteiger partial charge in [-0.25, -0.2) is 4.79 Å². The molecule has 1 aliphatic heterocycles. The molecule has 1 aliphatic rings. The lowest BCUT2D eigenvalue weighted by atomic mass is 10.1. The molecule has 2 heterocycles. The average molecular weight is 393 g/mol. The van der Waals surface area contributed by atoms with Crippen molar-refractivity contribution in [2.75, 3.05) is 43.1 Å². The van der Waals surface area contributed by atoms with Gasteiger partial charge in [0.05, 0.1) is 18.8 Å². The summed E-state index contributed by atoms with van der Waals surface area (Å²) in [5.74, 6) is -0.896. The molecule has 150 valence electrons. The van der Waals surface area contributed by atoms with Crippen LogP contribution in [0, 0.1) is 6.92 Å². The number of hydrogen-bond acceptors (Lipinski definition) is 5. The van der Waals surface area contributed by atoms with Gasteiger partial charge in [-0.1, -0.05) is 18.2 Å². The van der Waals surface area contributed by atoms with Crippen molar-refractivity contribution in [1.29, 1.82) is 0 Å². The molecule has 1 aromatic heterocycles. The third kappa shape index (κ3) is 4.25. The normalized spacial score (nSPS) is 14.0. The number of ether oxygens (including phenoxy) is 2. The van der Waals surface area contributed by atoms with Crippen molar-refractivity contribution in [3.05, 3.63) is 59.8 Å². The molecule has 1 amide bonds. The number of hydrogen-bond donors (Lipinski definition) is 2. The highest BCUT2D eigenvalue weighted by atomic mass is 16.5. The molecule has 1 fully saturated rings. The highest BCUT2D eigenvalue weighted by molar-refractivity contribution is 6.06. The molecule has 1 saturated heterocycles. The fourth-order valence-electron chi connectivity index (χ4n) is 3.52. The van der Waals surface area contributed by atoms with Crippen LogP contribution in [-0.4, -0.2) is 49.8 Å². The van der Waals surface area contributed by atoms with Gasteiger partial charge < -0.3 is 24.7 Å². The number of rotatable bonds is 5. The van der Waals surface area contributed by atoms with Gasteiger partial charge in [0, 0.05) is 41.1 Å². The number of fused-ring (bicyclic) bond motifs is 1. The number of aromatic nitrogens is 1. The quantitative estimate of drug-likeness (QED) is 0.651. The van der Waals surface area contributed by atoms with Crippen LogP contribution in [-0.2, 0) is 14.3 Å². The minimum absolute atomic E-state index is 0.344. The molecule has 0 bridgehead atoms. The summed E-state index contributed by atoms with van der Waals surface area (Å²) >= 11 is 0. The molecule has 0 radical (unpaired) electrons. The Balaban J connectivity index is 1.34. The van der Waals surface area contributed by atoms with E-state index in [9.17, 15) is 9.59 Å². The Morgan fingerprint density at radius 1 is 1.10 bits per heavy atom. The number of esters is 1. The van der Waals surface area contributed by atoms with Crippen LogP contribution in [0.25, 0.3) is 10.9 Å². The van der Waals surface area contributed by atoms with E-state index in [4.69, 9.17) is 9.47 Å². The first kappa shape index (κ1) is 19.0. The predicted molar refractivity (Wildman–Crippen MR) is 111 cm³/mol. The van der Waals surface area contributed by atoms with Crippen molar-refractivity contribution in [3.8, 4) is 0 Å². The van der Waals surface area contributed by atoms with Crippen molar-refractivity contribution in [3.63, 3.8) is 0 Å². The molecule has 3 aromatic rings. The summed E-state index contributed by atoms with van der Waals surface area (Å²) in [6.07, 6.45) is 0. The lowest BCUT2D eigenvalue weighted by Gasteiger charge is -2.28. The highest BCUT2D eigenvalue weighted by Crippen LogP contribution is 2.23. The molecule has 2 N–H and O–H groups in total. The third-order valence-electron chi connectivity index (χ3n) is 4.96. The number of anilines is 2. The summed E-state index contributed by atoms with van der Waals surface area (Å²) < 4.78 is 10.6. The zero-order valence-corrected chi connectivity index (χ0v) is 16.2. The molecule has 0 aliphatic carbocycles. The van der Waals surface area contributed by atoms with Crippen LogP contribution in [0.5, 0.6) is 0 Å². The SMILES string of the molecule is Cc1[nH]c2ccccc2c1C(=O)OCC(=O)Nc1ccc(N2CCOCC2)cc1. The van der Waals surface area contributed by atoms with Gasteiger partial charge in [0.15, 0.2) is 6.61 Å². The summed E-state index contributed by atoms with van der Waals surface area (Å²) in [5, 5.41) is 3.54. The van der Waals surface area contributed by atoms with Crippen molar-refractivity contribution < 1.29 is 19.1 Å². The van der Waals surface area contributed by atoms with Crippen LogP contribution in [0.1, 0.15) is 16.1 Å². The number of aryl methyl sites for hydroxylation is 1. The first-order valence-electron chi connectivity index (χ1n) is 9.59. The van der Waals surface area contributed by atoms with E-state index in [2.05, 4.69) is 15.2 Å². The van der Waals surface area contributed by atoms with Gasteiger partial charge in [-0.05, 0) is 37.3 Å². The van der Waals surface area contributed by atoms with Crippen LogP contribution in [0.3, 0.4) is 0 Å². The minimum atomic E-state index is -0.516. The molecule has 2 aromatic carbocycles. The monoisotopic (exact) mass is 393 g/mol. The van der Waals surface area contributed by atoms with E-state index in [1.165, 1.54) is 0 Å². The first-order chi connectivity index (χ1) is 14.1. The van der Waals surface area contributed by atoms with Crippen LogP contribution in [0.2, 0.25) is 0 Å². The number of carbonyl (C=O) groups excluding carboxylic acids is 2. The van der Waals surface area contributed by atoms with Crippen molar-refractivity contribution in [2.45, 2.75) is 6.92 Å². The zero-order valence-electron chi connectivity index (χ0n) is 16.2. The second-order valence-electron chi connectivity index (χ2n) is 6.94. The second kappa shape index (κ2) is 8.36. The zero-order chi connectivity index (χ0) is 20.2. The minimum Gasteiger partial charge on any atom is -0.452 e. The average Bonchev–Trinajstić information content (AvgIpc) is 3.09. The summed E-state index contributed by atoms with van der Waals surface area (Å²) in [5.41, 5.74) is 3.79. The summed E-state index contributed by atoms with van der Waals surface area (Å²) in [7, 11) is 0. The van der Waals surface area contributed by atoms with Crippen LogP contribution in [0.4, 0.5) is 11.4 Å². The van der Waals surface area contributed by atoms with Crippen LogP contribution < -0.4 is 10.2 Å². The Morgan fingerprint density at radius 2 is 1.83 bits per heavy atom. The molecule has 0 spiro atoms. The lowest BCUT2D eigenvalue weighted by Crippen LogP contribution is -2.36. The molecule has 29 heavy (non-hydrogen) atoms. The predicted octanol–water partition coefficient (Wildman–Crippen LogP) is 3.11. The molecule has 7 heteroatoms. The van der Waals surface area contributed by atoms with Crippen molar-refractivity contribution in [2.24, 2.45) is 0 Å². The van der Waals surface area contributed by atoms with Gasteiger partial charge in [0.25, 0.3) is 5.91 Å². The van der Waals surface area contributed by atoms with Crippen molar-refractivity contribution in [1.82, 2.24) is 4.98 Å². The number of amides is 1. The van der Waals surface area contributed by atoms with Gasteiger partial charge >= 0.3 is 5.97 Å². The van der Waals surface area contributed by atoms with E-state index in [0.717, 1.165) is 48.6 Å². The summed E-state index contributed by atoms with van der Waals surface area (Å²) in [6.45, 7) is 4.62. The molecule has 0 saturated carbocycles. The summed E-state index contributed by atoms with van der Waals surface area (Å²) in [6, 6.07) is 15.1. The van der Waals surface area contributed by atoms with E-state index >= 15 is 0 Å². The van der Waals surface area contributed by atoms with Gasteiger partial charge in [-0.15, -0.1) is 0 Å². The molecule has 4 rings (SSSR count). The number of benzene rings is 2. The van der Waals surface area contributed by atoms with E-state index in [-0.39, 0.29) is 12.5 Å². The number of nitrogens with zero attached hydrogens (tertiary/aromatic N) is 1. The topological polar surface area (TPSA) is 83.7 Å². The number of H-pyrrole nitrogens is 1. The van der Waals surface area contributed by atoms with Crippen molar-refractivity contribution >= 4 is 34.2 Å². The van der Waals surface area contributed by atoms with Gasteiger partial charge in [0.1, 0.15) is 0 Å². The molecular formula is C22H23N3O4. The Kier molecular flexibility index (Phi) is 5.48. The highest BCUT2D eigenvalue weighted by Gasteiger charge is 2.18. The van der Waals surface area contributed by atoms with Crippen LogP contribution in [0.15, 0.2) is 48.5 Å². The Labute approximate surface area is 168 Å². The van der Waals surface area contributed by atoms with Crippen LogP contribution >= 0.6 is 0 Å². The molecule has 7 nitrogen and oxygen atoms in total. The number of carbonyl (C=O) groups is 2. The maximum absolute atomic E-state index is 12.5. The third-order valence-corrected chi connectivity index (χ3v) is 4.96. The number of nitrogens with one attached hydrogen (secondary N) is 2. The summed E-state index contributed by atoms with van der Waals surface area (Å²) in [4.78, 5) is 30.1. The first-order valence-corrected chi connectivity index (χ1v) is 9.59. The molecular weight excluding hydrogens is 370 g/mol. The Bertz CT molecular complexity index is 1020. The maximum atomic E-state index is 12.5. The van der Waals surface area contributed by atoms with E-state index in [1.807, 2.05) is 55.5 Å². The number of aromatic amines is 1. The fraction of sp³-hybridized carbons (Fsp3) is 0.273. The fourth-order valence-corrected chi connectivity index (χ4v) is 3.52. The Hall–Kier alpha value is -3.32. The van der Waals surface area contributed by atoms with E-state index in [1.54, 1.807) is 0 Å². The van der Waals surface area contributed by atoms with E-state index < -0.39 is 5.97 Å². The van der Waals surface area contributed by atoms with Gasteiger partial charge in [-0.2, -0.15) is 0 Å². The second-order valence-corrected chi connectivity index (χ2v) is 6.94. The lowest BCUT2D eigenvalue weighted by molar-refractivity contribution is -0.119. The van der Waals surface area contributed by atoms with Gasteiger partial charge in [-0.3, -0.25) is 4.79 Å². The maximum Gasteiger partial charge on any atom is 0.341 e. The number of morpholine rings is 1. The molecule has 0 unspecified atom stereocenters.